The van der Waals surface area contributed by atoms with Gasteiger partial charge < -0.3 is 9.84 Å². The van der Waals surface area contributed by atoms with E-state index in [1.807, 2.05) is 37.3 Å². The molecule has 0 bridgehead atoms. The molecule has 1 aromatic carbocycles. The molecule has 1 fully saturated rings. The predicted octanol–water partition coefficient (Wildman–Crippen LogP) is 3.27. The Balaban J connectivity index is 1.37. The van der Waals surface area contributed by atoms with Gasteiger partial charge in [-0.2, -0.15) is 0 Å². The second-order valence-electron chi connectivity index (χ2n) is 6.51. The Kier molecular flexibility index (Phi) is 6.73. The highest BCUT2D eigenvalue weighted by Crippen LogP contribution is 2.23. The molecule has 1 aliphatic heterocycles. The van der Waals surface area contributed by atoms with E-state index in [1.165, 1.54) is 4.88 Å². The summed E-state index contributed by atoms with van der Waals surface area (Å²) in [7, 11) is 0. The zero-order chi connectivity index (χ0) is 17.6. The first-order valence-corrected chi connectivity index (χ1v) is 9.85. The van der Waals surface area contributed by atoms with E-state index in [1.54, 1.807) is 11.3 Å². The molecule has 4 nitrogen and oxygen atoms in total. The van der Waals surface area contributed by atoms with Gasteiger partial charge in [-0.05, 0) is 30.7 Å². The van der Waals surface area contributed by atoms with Gasteiger partial charge >= 0.3 is 0 Å². The lowest BCUT2D eigenvalue weighted by atomic mass is 10.2. The van der Waals surface area contributed by atoms with Gasteiger partial charge in [0.1, 0.15) is 18.5 Å². The van der Waals surface area contributed by atoms with Crippen LogP contribution in [-0.4, -0.2) is 60.3 Å². The lowest BCUT2D eigenvalue weighted by Crippen LogP contribution is -2.48. The summed E-state index contributed by atoms with van der Waals surface area (Å²) in [4.78, 5) is 6.06. The normalized spacial score (nSPS) is 17.6. The van der Waals surface area contributed by atoms with Crippen LogP contribution in [0.15, 0.2) is 36.4 Å². The molecule has 2 heterocycles. The van der Waals surface area contributed by atoms with Crippen molar-refractivity contribution >= 4 is 22.9 Å². The van der Waals surface area contributed by atoms with Crippen molar-refractivity contribution in [2.45, 2.75) is 19.6 Å². The highest BCUT2D eigenvalue weighted by molar-refractivity contribution is 7.16. The summed E-state index contributed by atoms with van der Waals surface area (Å²) in [5, 5.41) is 10.3. The number of para-hydroxylation sites is 1. The van der Waals surface area contributed by atoms with Crippen molar-refractivity contribution in [2.24, 2.45) is 0 Å². The molecule has 6 heteroatoms. The quantitative estimate of drug-likeness (QED) is 0.799. The minimum atomic E-state index is -0.470. The van der Waals surface area contributed by atoms with E-state index >= 15 is 0 Å². The Hall–Kier alpha value is -1.11. The molecule has 2 aromatic rings. The number of β-amino-alcohol motifs (C(OH)–C–C–N with tert-alkyl or cyclic N) is 1. The molecule has 0 radical (unpaired) electrons. The van der Waals surface area contributed by atoms with Crippen LogP contribution in [0.1, 0.15) is 10.4 Å². The topological polar surface area (TPSA) is 35.9 Å². The second-order valence-corrected chi connectivity index (χ2v) is 8.31. The van der Waals surface area contributed by atoms with Crippen LogP contribution in [0, 0.1) is 6.92 Å². The SMILES string of the molecule is Cc1ccccc1OCC(O)CN1CCN(Cc2ccc(Cl)s2)CC1. The molecule has 0 amide bonds. The summed E-state index contributed by atoms with van der Waals surface area (Å²) < 4.78 is 6.60. The zero-order valence-corrected chi connectivity index (χ0v) is 16.1. The van der Waals surface area contributed by atoms with Crippen LogP contribution in [0.5, 0.6) is 5.75 Å². The van der Waals surface area contributed by atoms with Crippen molar-refractivity contribution in [3.8, 4) is 5.75 Å². The standard InChI is InChI=1S/C19H25ClN2O2S/c1-15-4-2-3-5-18(15)24-14-16(23)12-21-8-10-22(11-9-21)13-17-6-7-19(20)25-17/h2-7,16,23H,8-14H2,1H3. The van der Waals surface area contributed by atoms with Gasteiger partial charge in [0.15, 0.2) is 0 Å². The number of ether oxygens (including phenoxy) is 1. The number of thiophene rings is 1. The van der Waals surface area contributed by atoms with Crippen molar-refractivity contribution in [1.82, 2.24) is 9.80 Å². The van der Waals surface area contributed by atoms with E-state index in [0.717, 1.165) is 48.4 Å². The Morgan fingerprint density at radius 2 is 1.84 bits per heavy atom. The molecule has 0 aliphatic carbocycles. The fourth-order valence-electron chi connectivity index (χ4n) is 3.04. The Bertz CT molecular complexity index is 671. The van der Waals surface area contributed by atoms with Crippen LogP contribution in [0.2, 0.25) is 4.34 Å². The molecule has 136 valence electrons. The number of aliphatic hydroxyl groups is 1. The maximum Gasteiger partial charge on any atom is 0.122 e. The highest BCUT2D eigenvalue weighted by atomic mass is 35.5. The number of nitrogens with zero attached hydrogens (tertiary/aromatic N) is 2. The number of benzene rings is 1. The minimum Gasteiger partial charge on any atom is -0.491 e. The lowest BCUT2D eigenvalue weighted by Gasteiger charge is -2.35. The van der Waals surface area contributed by atoms with Crippen molar-refractivity contribution < 1.29 is 9.84 Å². The van der Waals surface area contributed by atoms with Crippen LogP contribution in [-0.2, 0) is 6.54 Å². The first kappa shape index (κ1) is 18.7. The van der Waals surface area contributed by atoms with Gasteiger partial charge in [0.2, 0.25) is 0 Å². The van der Waals surface area contributed by atoms with Gasteiger partial charge in [0.25, 0.3) is 0 Å². The molecule has 1 aliphatic rings. The number of hydrogen-bond acceptors (Lipinski definition) is 5. The van der Waals surface area contributed by atoms with Gasteiger partial charge in [-0.1, -0.05) is 29.8 Å². The van der Waals surface area contributed by atoms with Crippen LogP contribution in [0.3, 0.4) is 0 Å². The zero-order valence-electron chi connectivity index (χ0n) is 14.5. The summed E-state index contributed by atoms with van der Waals surface area (Å²) in [6, 6.07) is 12.0. The minimum absolute atomic E-state index is 0.332. The molecular formula is C19H25ClN2O2S. The number of aliphatic hydroxyl groups excluding tert-OH is 1. The van der Waals surface area contributed by atoms with Gasteiger partial charge in [0, 0.05) is 44.1 Å². The van der Waals surface area contributed by atoms with E-state index in [4.69, 9.17) is 16.3 Å². The fraction of sp³-hybridized carbons (Fsp3) is 0.474. The summed E-state index contributed by atoms with van der Waals surface area (Å²) in [5.41, 5.74) is 1.09. The summed E-state index contributed by atoms with van der Waals surface area (Å²) in [5.74, 6) is 0.848. The predicted molar refractivity (Wildman–Crippen MR) is 104 cm³/mol. The summed E-state index contributed by atoms with van der Waals surface area (Å²) in [6.45, 7) is 7.94. The van der Waals surface area contributed by atoms with Crippen LogP contribution in [0.25, 0.3) is 0 Å². The molecule has 25 heavy (non-hydrogen) atoms. The number of hydrogen-bond donors (Lipinski definition) is 1. The van der Waals surface area contributed by atoms with Crippen molar-refractivity contribution in [3.05, 3.63) is 51.2 Å². The molecular weight excluding hydrogens is 356 g/mol. The van der Waals surface area contributed by atoms with E-state index < -0.39 is 6.10 Å². The summed E-state index contributed by atoms with van der Waals surface area (Å²) in [6.07, 6.45) is -0.470. The fourth-order valence-corrected chi connectivity index (χ4v) is 4.17. The van der Waals surface area contributed by atoms with Crippen LogP contribution < -0.4 is 4.74 Å². The average molecular weight is 381 g/mol. The first-order valence-electron chi connectivity index (χ1n) is 8.65. The molecule has 1 N–H and O–H groups in total. The third-order valence-corrected chi connectivity index (χ3v) is 5.68. The monoisotopic (exact) mass is 380 g/mol. The smallest absolute Gasteiger partial charge is 0.122 e. The Morgan fingerprint density at radius 3 is 2.52 bits per heavy atom. The Morgan fingerprint density at radius 1 is 1.12 bits per heavy atom. The van der Waals surface area contributed by atoms with Gasteiger partial charge in [-0.25, -0.2) is 0 Å². The van der Waals surface area contributed by atoms with Gasteiger partial charge in [-0.15, -0.1) is 11.3 Å². The Labute approximate surface area is 158 Å². The second kappa shape index (κ2) is 9.01. The third kappa shape index (κ3) is 5.69. The van der Waals surface area contributed by atoms with E-state index in [2.05, 4.69) is 15.9 Å². The van der Waals surface area contributed by atoms with Crippen molar-refractivity contribution in [1.29, 1.82) is 0 Å². The molecule has 1 atom stereocenters. The molecule has 0 saturated carbocycles. The van der Waals surface area contributed by atoms with Gasteiger partial charge in [0.05, 0.1) is 4.34 Å². The average Bonchev–Trinajstić information content (AvgIpc) is 3.01. The van der Waals surface area contributed by atoms with Crippen LogP contribution in [0.4, 0.5) is 0 Å². The van der Waals surface area contributed by atoms with E-state index in [9.17, 15) is 5.11 Å². The number of piperazine rings is 1. The third-order valence-electron chi connectivity index (χ3n) is 4.47. The summed E-state index contributed by atoms with van der Waals surface area (Å²) >= 11 is 7.65. The van der Waals surface area contributed by atoms with Crippen molar-refractivity contribution in [3.63, 3.8) is 0 Å². The van der Waals surface area contributed by atoms with Crippen LogP contribution >= 0.6 is 22.9 Å². The van der Waals surface area contributed by atoms with Crippen molar-refractivity contribution in [2.75, 3.05) is 39.3 Å². The molecule has 0 spiro atoms. The number of aryl methyl sites for hydroxylation is 1. The number of rotatable bonds is 7. The maximum absolute atomic E-state index is 10.3. The lowest BCUT2D eigenvalue weighted by molar-refractivity contribution is 0.0447. The first-order chi connectivity index (χ1) is 12.1. The van der Waals surface area contributed by atoms with Gasteiger partial charge in [-0.3, -0.25) is 9.80 Å². The van der Waals surface area contributed by atoms with E-state index in [-0.39, 0.29) is 0 Å². The molecule has 1 unspecified atom stereocenters. The number of halogens is 1. The molecule has 1 aromatic heterocycles. The largest absolute Gasteiger partial charge is 0.491 e. The maximum atomic E-state index is 10.3. The molecule has 1 saturated heterocycles. The highest BCUT2D eigenvalue weighted by Gasteiger charge is 2.20. The van der Waals surface area contributed by atoms with E-state index in [0.29, 0.717) is 13.2 Å². The molecule has 3 rings (SSSR count).